The van der Waals surface area contributed by atoms with Crippen LogP contribution in [0.4, 0.5) is 4.39 Å². The Balaban J connectivity index is 1.78. The predicted octanol–water partition coefficient (Wildman–Crippen LogP) is 4.30. The van der Waals surface area contributed by atoms with Gasteiger partial charge in [-0.25, -0.2) is 14.2 Å². The Morgan fingerprint density at radius 1 is 1.27 bits per heavy atom. The second-order valence-electron chi connectivity index (χ2n) is 8.15. The second kappa shape index (κ2) is 8.33. The highest BCUT2D eigenvalue weighted by atomic mass is 33.1. The molecule has 1 atom stereocenters. The number of aromatic nitrogens is 2. The van der Waals surface area contributed by atoms with Crippen LogP contribution in [0.3, 0.4) is 0 Å². The summed E-state index contributed by atoms with van der Waals surface area (Å²) in [5.74, 6) is -0.465. The average Bonchev–Trinajstić information content (AvgIpc) is 3.16. The number of cyclic esters (lactones) is 1. The van der Waals surface area contributed by atoms with E-state index in [1.807, 2.05) is 0 Å². The molecule has 172 valence electrons. The summed E-state index contributed by atoms with van der Waals surface area (Å²) in [6.45, 7) is 3.53. The Morgan fingerprint density at radius 3 is 2.79 bits per heavy atom. The molecule has 2 aliphatic heterocycles. The van der Waals surface area contributed by atoms with Crippen molar-refractivity contribution in [1.82, 2.24) is 9.55 Å². The average molecular weight is 505 g/mol. The molecule has 0 unspecified atom stereocenters. The highest BCUT2D eigenvalue weighted by Gasteiger charge is 2.45. The maximum atomic E-state index is 14.4. The van der Waals surface area contributed by atoms with E-state index in [4.69, 9.17) is 9.72 Å². The number of hydrogen-bond acceptors (Lipinski definition) is 8. The summed E-state index contributed by atoms with van der Waals surface area (Å²) in [6, 6.07) is 4.90. The predicted molar refractivity (Wildman–Crippen MR) is 132 cm³/mol. The first-order valence-corrected chi connectivity index (χ1v) is 13.6. The maximum absolute atomic E-state index is 14.4. The molecule has 0 saturated carbocycles. The Morgan fingerprint density at radius 2 is 2.06 bits per heavy atom. The number of aliphatic hydroxyl groups is 1. The van der Waals surface area contributed by atoms with Gasteiger partial charge in [0.15, 0.2) is 5.60 Å². The first-order chi connectivity index (χ1) is 15.8. The molecule has 0 radical (unpaired) electrons. The van der Waals surface area contributed by atoms with Crippen molar-refractivity contribution < 1.29 is 19.0 Å². The van der Waals surface area contributed by atoms with Crippen LogP contribution in [0, 0.1) is 12.7 Å². The topological polar surface area (TPSA) is 81.4 Å². The molecule has 0 bridgehead atoms. The van der Waals surface area contributed by atoms with Gasteiger partial charge in [0.1, 0.15) is 12.4 Å². The van der Waals surface area contributed by atoms with Gasteiger partial charge in [-0.2, -0.15) is 12.6 Å². The van der Waals surface area contributed by atoms with Crippen LogP contribution in [-0.4, -0.2) is 25.7 Å². The summed E-state index contributed by atoms with van der Waals surface area (Å²) in [7, 11) is 3.24. The Hall–Kier alpha value is -2.01. The van der Waals surface area contributed by atoms with Crippen molar-refractivity contribution in [2.45, 2.75) is 44.8 Å². The van der Waals surface area contributed by atoms with E-state index in [-0.39, 0.29) is 35.5 Å². The standard InChI is InChI=1S/C23H21FN2O4S3/c1-3-23(29)16-5-19-20-13(7-26(19)21(27)14(16)8-30-22(23)28)15(9-32-33-10-31)12-4-11(2)17(24)6-18(12)25-20/h4-6,29,31H,3,7-10H2,1-2H3/t23-/m0/s1. The largest absolute Gasteiger partial charge is 0.458 e. The highest BCUT2D eigenvalue weighted by molar-refractivity contribution is 8.77. The van der Waals surface area contributed by atoms with Gasteiger partial charge in [-0.1, -0.05) is 28.5 Å². The lowest BCUT2D eigenvalue weighted by Crippen LogP contribution is -2.44. The number of ether oxygens (including phenoxy) is 1. The van der Waals surface area contributed by atoms with Gasteiger partial charge in [-0.15, -0.1) is 0 Å². The van der Waals surface area contributed by atoms with E-state index >= 15 is 0 Å². The van der Waals surface area contributed by atoms with Crippen molar-refractivity contribution in [2.24, 2.45) is 0 Å². The molecule has 0 fully saturated rings. The number of halogens is 1. The van der Waals surface area contributed by atoms with Gasteiger partial charge < -0.3 is 14.4 Å². The van der Waals surface area contributed by atoms with Crippen LogP contribution in [0.1, 0.15) is 41.2 Å². The van der Waals surface area contributed by atoms with Gasteiger partial charge in [0.2, 0.25) is 0 Å². The number of fused-ring (bicyclic) bond motifs is 5. The van der Waals surface area contributed by atoms with E-state index in [0.29, 0.717) is 39.9 Å². The summed E-state index contributed by atoms with van der Waals surface area (Å²) < 4.78 is 21.2. The zero-order chi connectivity index (χ0) is 23.5. The summed E-state index contributed by atoms with van der Waals surface area (Å²) in [6.07, 6.45) is 0.0765. The van der Waals surface area contributed by atoms with Gasteiger partial charge in [0.25, 0.3) is 5.56 Å². The summed E-state index contributed by atoms with van der Waals surface area (Å²) in [5, 5.41) is 12.5. The number of carbonyl (C=O) groups excluding carboxylic acids is 1. The zero-order valence-electron chi connectivity index (χ0n) is 18.0. The number of hydrogen-bond donors (Lipinski definition) is 2. The number of esters is 1. The minimum Gasteiger partial charge on any atom is -0.458 e. The Bertz CT molecular complexity index is 1390. The smallest absolute Gasteiger partial charge is 0.343 e. The van der Waals surface area contributed by atoms with Crippen LogP contribution >= 0.6 is 34.2 Å². The molecule has 1 aromatic carbocycles. The molecule has 0 amide bonds. The summed E-state index contributed by atoms with van der Waals surface area (Å²) in [5.41, 5.74) is 2.38. The third-order valence-corrected chi connectivity index (χ3v) is 9.22. The third kappa shape index (κ3) is 3.41. The molecular weight excluding hydrogens is 483 g/mol. The van der Waals surface area contributed by atoms with Gasteiger partial charge in [0.05, 0.1) is 29.0 Å². The lowest BCUT2D eigenvalue weighted by molar-refractivity contribution is -0.172. The molecule has 2 aliphatic rings. The fraction of sp³-hybridized carbons (Fsp3) is 0.348. The Kier molecular flexibility index (Phi) is 5.75. The Labute approximate surface area is 202 Å². The highest BCUT2D eigenvalue weighted by Crippen LogP contribution is 2.42. The minimum absolute atomic E-state index is 0.0765. The quantitative estimate of drug-likeness (QED) is 0.138. The molecule has 10 heteroatoms. The molecule has 6 nitrogen and oxygen atoms in total. The van der Waals surface area contributed by atoms with Gasteiger partial charge >= 0.3 is 5.97 Å². The number of thiol groups is 1. The van der Waals surface area contributed by atoms with E-state index < -0.39 is 11.6 Å². The number of carbonyl (C=O) groups is 1. The fourth-order valence-electron chi connectivity index (χ4n) is 4.59. The van der Waals surface area contributed by atoms with E-state index in [1.165, 1.54) is 6.07 Å². The zero-order valence-corrected chi connectivity index (χ0v) is 20.5. The number of nitrogens with zero attached hydrogens (tertiary/aromatic N) is 2. The van der Waals surface area contributed by atoms with Crippen molar-refractivity contribution in [3.63, 3.8) is 0 Å². The number of rotatable bonds is 5. The fourth-order valence-corrected chi connectivity index (χ4v) is 6.70. The van der Waals surface area contributed by atoms with Crippen LogP contribution in [0.25, 0.3) is 22.3 Å². The van der Waals surface area contributed by atoms with Gasteiger partial charge in [-0.3, -0.25) is 4.79 Å². The van der Waals surface area contributed by atoms with Gasteiger partial charge in [-0.05, 0) is 36.6 Å². The molecule has 33 heavy (non-hydrogen) atoms. The van der Waals surface area contributed by atoms with Crippen LogP contribution in [0.15, 0.2) is 23.0 Å². The maximum Gasteiger partial charge on any atom is 0.343 e. The first kappa shape index (κ1) is 22.8. The molecule has 0 aliphatic carbocycles. The lowest BCUT2D eigenvalue weighted by atomic mass is 9.86. The summed E-state index contributed by atoms with van der Waals surface area (Å²) >= 11 is 4.26. The second-order valence-corrected chi connectivity index (χ2v) is 11.4. The first-order valence-electron chi connectivity index (χ1n) is 10.4. The molecule has 0 spiro atoms. The van der Waals surface area contributed by atoms with E-state index in [0.717, 1.165) is 16.5 Å². The normalized spacial score (nSPS) is 18.8. The number of aryl methyl sites for hydroxylation is 1. The van der Waals surface area contributed by atoms with Crippen LogP contribution < -0.4 is 5.56 Å². The van der Waals surface area contributed by atoms with E-state index in [9.17, 15) is 19.1 Å². The van der Waals surface area contributed by atoms with Gasteiger partial charge in [0, 0.05) is 33.4 Å². The molecule has 3 aromatic rings. The summed E-state index contributed by atoms with van der Waals surface area (Å²) in [4.78, 5) is 30.5. The minimum atomic E-state index is -1.88. The van der Waals surface area contributed by atoms with Crippen molar-refractivity contribution in [3.05, 3.63) is 62.2 Å². The molecule has 2 aromatic heterocycles. The van der Waals surface area contributed by atoms with E-state index in [2.05, 4.69) is 12.6 Å². The number of benzene rings is 1. The molecule has 1 N–H and O–H groups in total. The third-order valence-electron chi connectivity index (χ3n) is 6.43. The van der Waals surface area contributed by atoms with Crippen LogP contribution in [-0.2, 0) is 34.0 Å². The monoisotopic (exact) mass is 504 g/mol. The molecule has 4 heterocycles. The van der Waals surface area contributed by atoms with Crippen molar-refractivity contribution in [1.29, 1.82) is 0 Å². The van der Waals surface area contributed by atoms with Crippen molar-refractivity contribution in [2.75, 3.05) is 5.08 Å². The SMILES string of the molecule is CC[C@@]1(O)C(=O)OCc2c1cc1n(c2=O)Cc2c-1nc1cc(F)c(C)cc1c2CSSCS. The molecule has 0 saturated heterocycles. The molecule has 5 rings (SSSR count). The van der Waals surface area contributed by atoms with Crippen LogP contribution in [0.5, 0.6) is 0 Å². The lowest BCUT2D eigenvalue weighted by Gasteiger charge is -2.31. The van der Waals surface area contributed by atoms with Crippen molar-refractivity contribution >= 4 is 51.1 Å². The molecular formula is C23H21FN2O4S3. The number of pyridine rings is 2. The van der Waals surface area contributed by atoms with Crippen LogP contribution in [0.2, 0.25) is 0 Å². The van der Waals surface area contributed by atoms with E-state index in [1.54, 1.807) is 52.1 Å². The van der Waals surface area contributed by atoms with Crippen molar-refractivity contribution in [3.8, 4) is 11.4 Å².